The second-order valence-electron chi connectivity index (χ2n) is 24.9. The van der Waals surface area contributed by atoms with Crippen LogP contribution in [0.2, 0.25) is 0 Å². The Bertz CT molecular complexity index is 3980. The zero-order chi connectivity index (χ0) is 69.7. The normalized spacial score (nSPS) is 16.2. The van der Waals surface area contributed by atoms with Crippen LogP contribution in [-0.4, -0.2) is 142 Å². The number of carbonyl (C=O) groups is 8. The number of nitrogens with one attached hydrogen (secondary N) is 2. The minimum absolute atomic E-state index is 0.0118. The Morgan fingerprint density at radius 1 is 0.374 bits per heavy atom. The summed E-state index contributed by atoms with van der Waals surface area (Å²) in [4.78, 5) is 96.0. The monoisotopic (exact) mass is 1340 g/mol. The number of hydrogen-bond acceptors (Lipinski definition) is 12. The number of ether oxygens (including phenoxy) is 4. The molecule has 2 heterocycles. The molecule has 4 amide bonds. The Labute approximate surface area is 573 Å². The number of likely N-dealkylation sites (tertiary alicyclic amines) is 2. The first kappa shape index (κ1) is 69.1. The number of aliphatic carboxylic acids is 4. The molecule has 6 N–H and O–H groups in total. The molecule has 0 bridgehead atoms. The van der Waals surface area contributed by atoms with Gasteiger partial charge in [-0.2, -0.15) is 0 Å². The van der Waals surface area contributed by atoms with Gasteiger partial charge in [-0.15, -0.1) is 0 Å². The van der Waals surface area contributed by atoms with E-state index in [1.165, 1.54) is 32.1 Å². The summed E-state index contributed by atoms with van der Waals surface area (Å²) in [6, 6.07) is 61.4. The van der Waals surface area contributed by atoms with Crippen molar-refractivity contribution in [3.8, 4) is 44.5 Å². The Balaban J connectivity index is 0.000000133. The number of benzene rings is 8. The molecule has 0 unspecified atom stereocenters. The van der Waals surface area contributed by atoms with Gasteiger partial charge in [0.05, 0.1) is 0 Å². The summed E-state index contributed by atoms with van der Waals surface area (Å²) in [6.07, 6.45) is 1.24. The highest BCUT2D eigenvalue weighted by Gasteiger charge is 2.39. The Morgan fingerprint density at radius 3 is 0.848 bits per heavy atom. The van der Waals surface area contributed by atoms with Crippen LogP contribution >= 0.6 is 0 Å². The van der Waals surface area contributed by atoms with Gasteiger partial charge in [0.1, 0.15) is 50.6 Å². The number of fused-ring (bicyclic) bond motifs is 12. The maximum atomic E-state index is 12.4. The molecule has 2 saturated heterocycles. The second-order valence-corrected chi connectivity index (χ2v) is 24.9. The third kappa shape index (κ3) is 15.3. The number of carbonyl (C=O) groups excluding carboxylic acids is 4. The summed E-state index contributed by atoms with van der Waals surface area (Å²) in [5.41, 5.74) is 18.4. The predicted octanol–water partition coefficient (Wildman–Crippen LogP) is 14.1. The van der Waals surface area contributed by atoms with Crippen LogP contribution in [0.5, 0.6) is 0 Å². The van der Waals surface area contributed by atoms with Gasteiger partial charge in [0, 0.05) is 36.8 Å². The van der Waals surface area contributed by atoms with E-state index in [1.54, 1.807) is 6.92 Å². The first-order valence-electron chi connectivity index (χ1n) is 33.4. The first-order chi connectivity index (χ1) is 48.1. The minimum atomic E-state index is -1.06. The first-order valence-corrected chi connectivity index (χ1v) is 33.4. The summed E-state index contributed by atoms with van der Waals surface area (Å²) in [5.74, 6) is -4.14. The summed E-state index contributed by atoms with van der Waals surface area (Å²) in [5, 5.41) is 41.4. The maximum Gasteiger partial charge on any atom is 0.410 e. The molecule has 14 rings (SSSR count). The quantitative estimate of drug-likeness (QED) is 0.0462. The number of rotatable bonds is 17. The van der Waals surface area contributed by atoms with Gasteiger partial charge in [-0.3, -0.25) is 9.80 Å². The lowest BCUT2D eigenvalue weighted by Gasteiger charge is -2.22. The molecule has 4 atom stereocenters. The molecule has 0 aromatic heterocycles. The summed E-state index contributed by atoms with van der Waals surface area (Å²) in [7, 11) is 0. The highest BCUT2D eigenvalue weighted by molar-refractivity contribution is 5.86. The lowest BCUT2D eigenvalue weighted by Crippen LogP contribution is -2.41. The predicted molar refractivity (Wildman–Crippen MR) is 369 cm³/mol. The van der Waals surface area contributed by atoms with Crippen molar-refractivity contribution in [3.05, 3.63) is 239 Å². The third-order valence-corrected chi connectivity index (χ3v) is 19.1. The van der Waals surface area contributed by atoms with Crippen LogP contribution in [0.4, 0.5) is 19.2 Å². The van der Waals surface area contributed by atoms with E-state index < -0.39 is 72.4 Å². The van der Waals surface area contributed by atoms with E-state index in [0.717, 1.165) is 66.8 Å². The van der Waals surface area contributed by atoms with Crippen molar-refractivity contribution in [2.45, 2.75) is 107 Å². The summed E-state index contributed by atoms with van der Waals surface area (Å²) < 4.78 is 21.7. The van der Waals surface area contributed by atoms with Crippen molar-refractivity contribution in [2.24, 2.45) is 0 Å². The zero-order valence-electron chi connectivity index (χ0n) is 54.9. The smallest absolute Gasteiger partial charge is 0.410 e. The molecule has 510 valence electrons. The average Bonchev–Trinajstić information content (AvgIpc) is 1.64. The van der Waals surface area contributed by atoms with Crippen LogP contribution in [0, 0.1) is 0 Å². The van der Waals surface area contributed by atoms with E-state index in [1.807, 2.05) is 128 Å². The molecular weight excluding hydrogens is 1260 g/mol. The summed E-state index contributed by atoms with van der Waals surface area (Å²) in [6.45, 7) is 5.23. The van der Waals surface area contributed by atoms with Crippen molar-refractivity contribution in [2.75, 3.05) is 39.5 Å². The molecule has 0 radical (unpaired) electrons. The third-order valence-electron chi connectivity index (χ3n) is 19.1. The molecule has 0 spiro atoms. The lowest BCUT2D eigenvalue weighted by atomic mass is 9.98. The van der Waals surface area contributed by atoms with Gasteiger partial charge < -0.3 is 50.0 Å². The molecule has 20 heteroatoms. The van der Waals surface area contributed by atoms with Crippen LogP contribution in [0.3, 0.4) is 0 Å². The van der Waals surface area contributed by atoms with E-state index in [-0.39, 0.29) is 50.1 Å². The number of carboxylic acid groups (broad SMARTS) is 4. The van der Waals surface area contributed by atoms with Crippen LogP contribution in [0.25, 0.3) is 44.5 Å². The Kier molecular flexibility index (Phi) is 22.1. The lowest BCUT2D eigenvalue weighted by molar-refractivity contribution is -0.142. The van der Waals surface area contributed by atoms with Gasteiger partial charge in [-0.1, -0.05) is 214 Å². The van der Waals surface area contributed by atoms with Gasteiger partial charge in [-0.25, -0.2) is 38.4 Å². The van der Waals surface area contributed by atoms with Gasteiger partial charge >= 0.3 is 48.3 Å². The van der Waals surface area contributed by atoms with Crippen molar-refractivity contribution >= 4 is 48.3 Å². The van der Waals surface area contributed by atoms with Gasteiger partial charge in [0.15, 0.2) is 0 Å². The fourth-order valence-electron chi connectivity index (χ4n) is 14.3. The van der Waals surface area contributed by atoms with Gasteiger partial charge in [0.2, 0.25) is 0 Å². The van der Waals surface area contributed by atoms with Crippen LogP contribution in [0.1, 0.15) is 127 Å². The van der Waals surface area contributed by atoms with E-state index in [0.29, 0.717) is 58.0 Å². The number of amides is 4. The zero-order valence-corrected chi connectivity index (χ0v) is 54.9. The van der Waals surface area contributed by atoms with E-state index >= 15 is 0 Å². The van der Waals surface area contributed by atoms with Crippen LogP contribution in [-0.2, 0) is 38.1 Å². The molecule has 2 fully saturated rings. The van der Waals surface area contributed by atoms with E-state index in [9.17, 15) is 48.6 Å². The molecule has 8 aromatic rings. The Hall–Kier alpha value is -11.3. The number of alkyl carbamates (subject to hydrolysis) is 2. The molecule has 99 heavy (non-hydrogen) atoms. The standard InChI is InChI=1S/2C20H19NO4.C20H21NO4.C19H19NO4/c2*22-19(23)18-10-5-11-21(18)20(24)25-12-17-15-8-3-1-6-13(15)14-7-2-4-9-16(14)17;1-2-7-18(19(22)23)21-20(24)25-12-17-15-10-5-3-8-13(15)14-9-4-6-11-16(14)17;1-2-17(18(21)22)20-19(23)24-11-16-14-9-5-3-7-12(14)13-8-4-6-10-15(13)16/h2*1-4,6-9,17-18H,5,10-12H2,(H,22,23);3-6,8-11,17-18H,2,7,12H2,1H3,(H,21,24)(H,22,23);3-10,16-17H,2,11H2,1H3,(H,20,23)(H,21,22)/t3*18-;17-/m1000/s1. The largest absolute Gasteiger partial charge is 0.480 e. The second kappa shape index (κ2) is 31.7. The molecular formula is C79H78N4O16. The van der Waals surface area contributed by atoms with Crippen molar-refractivity contribution in [1.29, 1.82) is 0 Å². The number of nitrogens with zero attached hydrogens (tertiary/aromatic N) is 2. The molecule has 6 aliphatic rings. The Morgan fingerprint density at radius 2 is 0.616 bits per heavy atom. The molecule has 0 saturated carbocycles. The van der Waals surface area contributed by atoms with Gasteiger partial charge in [0.25, 0.3) is 0 Å². The van der Waals surface area contributed by atoms with Gasteiger partial charge in [-0.05, 0) is 128 Å². The highest BCUT2D eigenvalue weighted by atomic mass is 16.6. The minimum Gasteiger partial charge on any atom is -0.480 e. The molecule has 2 aliphatic heterocycles. The molecule has 4 aliphatic carbocycles. The van der Waals surface area contributed by atoms with Crippen LogP contribution in [0.15, 0.2) is 194 Å². The van der Waals surface area contributed by atoms with Crippen molar-refractivity contribution in [1.82, 2.24) is 20.4 Å². The maximum absolute atomic E-state index is 12.4. The number of carboxylic acids is 4. The molecule has 20 nitrogen and oxygen atoms in total. The average molecular weight is 1340 g/mol. The van der Waals surface area contributed by atoms with Crippen molar-refractivity contribution in [3.63, 3.8) is 0 Å². The van der Waals surface area contributed by atoms with Crippen LogP contribution < -0.4 is 10.6 Å². The summed E-state index contributed by atoms with van der Waals surface area (Å²) >= 11 is 0. The highest BCUT2D eigenvalue weighted by Crippen LogP contribution is 2.48. The van der Waals surface area contributed by atoms with E-state index in [2.05, 4.69) is 83.4 Å². The number of hydrogen-bond donors (Lipinski definition) is 6. The molecule has 8 aromatic carbocycles. The topological polar surface area (TPSA) is 285 Å². The fourth-order valence-corrected chi connectivity index (χ4v) is 14.3. The van der Waals surface area contributed by atoms with Crippen molar-refractivity contribution < 1.29 is 77.7 Å². The fraction of sp³-hybridized carbons (Fsp3) is 0.291. The SMILES string of the molecule is CCC[C@H](NC(=O)OCC1c2ccccc2-c2ccccc21)C(=O)O.CC[C@H](NC(=O)OCC1c2ccccc2-c2ccccc21)C(=O)O.O=C(O)[C@@H]1CCCN1C(=O)OCC1c2ccccc2-c2ccccc21.O=C(O)[C@H]1CCCN1C(=O)OCC1c2ccccc2-c2ccccc21. The van der Waals surface area contributed by atoms with E-state index in [4.69, 9.17) is 29.2 Å².